The third kappa shape index (κ3) is 7.12. The summed E-state index contributed by atoms with van der Waals surface area (Å²) in [5.74, 6) is -0.0523. The quantitative estimate of drug-likeness (QED) is 0.567. The lowest BCUT2D eigenvalue weighted by Gasteiger charge is -2.36. The van der Waals surface area contributed by atoms with Gasteiger partial charge in [0.25, 0.3) is 0 Å². The van der Waals surface area contributed by atoms with E-state index in [1.54, 1.807) is 16.2 Å². The highest BCUT2D eigenvalue weighted by molar-refractivity contribution is 7.13. The zero-order valence-corrected chi connectivity index (χ0v) is 22.9. The summed E-state index contributed by atoms with van der Waals surface area (Å²) in [6.07, 6.45) is 1.56. The number of likely N-dealkylation sites (tertiary alicyclic amines) is 1. The molecule has 0 bridgehead atoms. The molecule has 1 saturated heterocycles. The van der Waals surface area contributed by atoms with Crippen molar-refractivity contribution in [2.24, 2.45) is 5.41 Å². The molecule has 2 aromatic rings. The van der Waals surface area contributed by atoms with Crippen molar-refractivity contribution in [1.82, 2.24) is 20.5 Å². The number of hydrogen-bond donors (Lipinski definition) is 2. The molecule has 6 nitrogen and oxygen atoms in total. The minimum atomic E-state index is -0.402. The van der Waals surface area contributed by atoms with Crippen molar-refractivity contribution >= 4 is 23.2 Å². The second-order valence-electron chi connectivity index (χ2n) is 9.99. The fourth-order valence-corrected chi connectivity index (χ4v) is 4.97. The predicted molar refractivity (Wildman–Crippen MR) is 142 cm³/mol. The molecule has 2 heterocycles. The van der Waals surface area contributed by atoms with Gasteiger partial charge < -0.3 is 15.5 Å². The second-order valence-corrected chi connectivity index (χ2v) is 10.8. The van der Waals surface area contributed by atoms with E-state index in [0.717, 1.165) is 23.2 Å². The van der Waals surface area contributed by atoms with Crippen LogP contribution in [0.3, 0.4) is 0 Å². The van der Waals surface area contributed by atoms with Gasteiger partial charge in [-0.15, -0.1) is 11.3 Å². The van der Waals surface area contributed by atoms with E-state index in [4.69, 9.17) is 0 Å². The van der Waals surface area contributed by atoms with Crippen LogP contribution in [0.5, 0.6) is 0 Å². The zero-order valence-electron chi connectivity index (χ0n) is 22.1. The number of thiazole rings is 1. The summed E-state index contributed by atoms with van der Waals surface area (Å²) in [4.78, 5) is 33.6. The Labute approximate surface area is 209 Å². The van der Waals surface area contributed by atoms with Crippen LogP contribution in [0.25, 0.3) is 10.4 Å². The Kier molecular flexibility index (Phi) is 10.3. The van der Waals surface area contributed by atoms with Gasteiger partial charge in [-0.3, -0.25) is 9.59 Å². The summed E-state index contributed by atoms with van der Waals surface area (Å²) in [6.45, 7) is 17.4. The lowest BCUT2D eigenvalue weighted by molar-refractivity contribution is -0.142. The van der Waals surface area contributed by atoms with Gasteiger partial charge in [0.05, 0.1) is 22.1 Å². The standard InChI is InChI=1S/C25H36N4O2S.C2H6/c1-16(2)28-22(25(4,5)6)24(31)29-13-7-8-20(29)23(30)26-14-18-9-11-19(12-10-18)21-17(3)27-15-32-21;1-2/h9-12,15-16,20,22,28H,7-8,13-14H2,1-6H3,(H,26,30);1-2H3. The van der Waals surface area contributed by atoms with Gasteiger partial charge in [-0.05, 0) is 36.3 Å². The van der Waals surface area contributed by atoms with Gasteiger partial charge in [0, 0.05) is 19.1 Å². The highest BCUT2D eigenvalue weighted by Gasteiger charge is 2.41. The molecule has 1 aromatic heterocycles. The molecule has 0 saturated carbocycles. The van der Waals surface area contributed by atoms with Crippen molar-refractivity contribution in [1.29, 1.82) is 0 Å². The Bertz CT molecular complexity index is 931. The Morgan fingerprint density at radius 3 is 2.35 bits per heavy atom. The zero-order chi connectivity index (χ0) is 25.5. The Hall–Kier alpha value is -2.25. The molecule has 2 atom stereocenters. The highest BCUT2D eigenvalue weighted by Crippen LogP contribution is 2.28. The summed E-state index contributed by atoms with van der Waals surface area (Å²) in [7, 11) is 0. The number of carbonyl (C=O) groups excluding carboxylic acids is 2. The van der Waals surface area contributed by atoms with Crippen LogP contribution in [0.2, 0.25) is 0 Å². The van der Waals surface area contributed by atoms with Crippen molar-refractivity contribution in [2.45, 2.75) is 92.9 Å². The lowest BCUT2D eigenvalue weighted by Crippen LogP contribution is -2.57. The first-order valence-corrected chi connectivity index (χ1v) is 13.3. The normalized spacial score (nSPS) is 16.7. The van der Waals surface area contributed by atoms with Gasteiger partial charge in [-0.1, -0.05) is 72.7 Å². The summed E-state index contributed by atoms with van der Waals surface area (Å²) < 4.78 is 0. The van der Waals surface area contributed by atoms with E-state index in [1.807, 2.05) is 52.3 Å². The van der Waals surface area contributed by atoms with E-state index >= 15 is 0 Å². The maximum Gasteiger partial charge on any atom is 0.243 e. The Balaban J connectivity index is 0.00000199. The lowest BCUT2D eigenvalue weighted by atomic mass is 9.85. The van der Waals surface area contributed by atoms with Gasteiger partial charge in [-0.2, -0.15) is 0 Å². The number of hydrogen-bond acceptors (Lipinski definition) is 5. The van der Waals surface area contributed by atoms with Crippen LogP contribution >= 0.6 is 11.3 Å². The number of aryl methyl sites for hydroxylation is 1. The molecule has 3 rings (SSSR count). The Morgan fingerprint density at radius 1 is 1.18 bits per heavy atom. The van der Waals surface area contributed by atoms with E-state index in [2.05, 4.69) is 48.5 Å². The van der Waals surface area contributed by atoms with Crippen LogP contribution in [0.1, 0.15) is 72.6 Å². The third-order valence-electron chi connectivity index (χ3n) is 5.88. The fraction of sp³-hybridized carbons (Fsp3) is 0.593. The average molecular weight is 487 g/mol. The number of amides is 2. The van der Waals surface area contributed by atoms with E-state index in [-0.39, 0.29) is 29.3 Å². The molecule has 2 amide bonds. The predicted octanol–water partition coefficient (Wildman–Crippen LogP) is 5.16. The molecule has 1 fully saturated rings. The van der Waals surface area contributed by atoms with Crippen molar-refractivity contribution in [3.8, 4) is 10.4 Å². The molecule has 7 heteroatoms. The molecule has 1 aliphatic rings. The van der Waals surface area contributed by atoms with Crippen LogP contribution in [0, 0.1) is 12.3 Å². The highest BCUT2D eigenvalue weighted by atomic mass is 32.1. The molecule has 2 N–H and O–H groups in total. The minimum Gasteiger partial charge on any atom is -0.350 e. The molecule has 2 unspecified atom stereocenters. The monoisotopic (exact) mass is 486 g/mol. The second kappa shape index (κ2) is 12.5. The average Bonchev–Trinajstić information content (AvgIpc) is 3.45. The topological polar surface area (TPSA) is 74.3 Å². The summed E-state index contributed by atoms with van der Waals surface area (Å²) >= 11 is 1.63. The minimum absolute atomic E-state index is 0.0214. The van der Waals surface area contributed by atoms with Crippen molar-refractivity contribution in [2.75, 3.05) is 6.54 Å². The molecular weight excluding hydrogens is 444 g/mol. The molecule has 188 valence electrons. The smallest absolute Gasteiger partial charge is 0.243 e. The van der Waals surface area contributed by atoms with Crippen LogP contribution < -0.4 is 10.6 Å². The van der Waals surface area contributed by atoms with Gasteiger partial charge in [0.15, 0.2) is 0 Å². The molecule has 0 radical (unpaired) electrons. The summed E-state index contributed by atoms with van der Waals surface area (Å²) in [5.41, 5.74) is 4.83. The molecule has 34 heavy (non-hydrogen) atoms. The van der Waals surface area contributed by atoms with E-state index < -0.39 is 6.04 Å². The number of nitrogens with one attached hydrogen (secondary N) is 2. The molecule has 1 aromatic carbocycles. The molecule has 1 aliphatic heterocycles. The molecule has 0 aliphatic carbocycles. The van der Waals surface area contributed by atoms with Crippen LogP contribution in [0.4, 0.5) is 0 Å². The first kappa shape index (κ1) is 28.0. The number of rotatable bonds is 7. The van der Waals surface area contributed by atoms with Gasteiger partial charge in [0.2, 0.25) is 11.8 Å². The van der Waals surface area contributed by atoms with E-state index in [0.29, 0.717) is 19.5 Å². The largest absolute Gasteiger partial charge is 0.350 e. The van der Waals surface area contributed by atoms with Crippen LogP contribution in [-0.2, 0) is 16.1 Å². The SMILES string of the molecule is CC.Cc1ncsc1-c1ccc(CNC(=O)C2CCCN2C(=O)C(NC(C)C)C(C)(C)C)cc1. The van der Waals surface area contributed by atoms with E-state index in [9.17, 15) is 9.59 Å². The van der Waals surface area contributed by atoms with Crippen molar-refractivity contribution < 1.29 is 9.59 Å². The number of benzene rings is 1. The van der Waals surface area contributed by atoms with Gasteiger partial charge >= 0.3 is 0 Å². The van der Waals surface area contributed by atoms with Gasteiger partial charge in [0.1, 0.15) is 6.04 Å². The maximum atomic E-state index is 13.4. The maximum absolute atomic E-state index is 13.4. The van der Waals surface area contributed by atoms with Crippen molar-refractivity contribution in [3.05, 3.63) is 41.0 Å². The van der Waals surface area contributed by atoms with Crippen LogP contribution in [-0.4, -0.2) is 46.4 Å². The Morgan fingerprint density at radius 2 is 1.82 bits per heavy atom. The van der Waals surface area contributed by atoms with E-state index in [1.165, 1.54) is 4.88 Å². The van der Waals surface area contributed by atoms with Crippen LogP contribution in [0.15, 0.2) is 29.8 Å². The van der Waals surface area contributed by atoms with Crippen molar-refractivity contribution in [3.63, 3.8) is 0 Å². The summed E-state index contributed by atoms with van der Waals surface area (Å²) in [6, 6.07) is 7.68. The summed E-state index contributed by atoms with van der Waals surface area (Å²) in [5, 5.41) is 6.45. The molecule has 0 spiro atoms. The van der Waals surface area contributed by atoms with Gasteiger partial charge in [-0.25, -0.2) is 4.98 Å². The first-order valence-electron chi connectivity index (χ1n) is 12.4. The molecular formula is C27H42N4O2S. The number of aromatic nitrogens is 1. The number of carbonyl (C=O) groups is 2. The first-order chi connectivity index (χ1) is 16.1. The third-order valence-corrected chi connectivity index (χ3v) is 6.86. The fourth-order valence-electron chi connectivity index (χ4n) is 4.15. The number of nitrogens with zero attached hydrogens (tertiary/aromatic N) is 2.